The van der Waals surface area contributed by atoms with Crippen LogP contribution in [0.4, 0.5) is 0 Å². The van der Waals surface area contributed by atoms with Crippen molar-refractivity contribution in [2.24, 2.45) is 0 Å². The van der Waals surface area contributed by atoms with Crippen molar-refractivity contribution >= 4 is 10.0 Å². The van der Waals surface area contributed by atoms with Gasteiger partial charge < -0.3 is 5.11 Å². The van der Waals surface area contributed by atoms with Crippen LogP contribution in [0.25, 0.3) is 0 Å². The van der Waals surface area contributed by atoms with Gasteiger partial charge in [0.2, 0.25) is 10.0 Å². The van der Waals surface area contributed by atoms with Gasteiger partial charge in [-0.1, -0.05) is 19.8 Å². The highest BCUT2D eigenvalue weighted by Gasteiger charge is 2.33. The molecular formula is C10H18N2O3S. The Labute approximate surface area is 96.5 Å². The van der Waals surface area contributed by atoms with Gasteiger partial charge in [0.15, 0.2) is 5.25 Å². The second kappa shape index (κ2) is 5.13. The number of nitriles is 1. The molecule has 0 aliphatic heterocycles. The van der Waals surface area contributed by atoms with Gasteiger partial charge in [0.25, 0.3) is 0 Å². The van der Waals surface area contributed by atoms with Crippen molar-refractivity contribution < 1.29 is 13.5 Å². The molecule has 0 radical (unpaired) electrons. The van der Waals surface area contributed by atoms with E-state index in [0.717, 1.165) is 12.8 Å². The standard InChI is InChI=1S/C10H18N2O3S/c1-2-9(7-11)16(14,15)12-8-10(13)5-3-4-6-10/h9,12-13H,2-6,8H2,1H3. The maximum absolute atomic E-state index is 11.6. The minimum Gasteiger partial charge on any atom is -0.389 e. The average Bonchev–Trinajstić information content (AvgIpc) is 2.65. The maximum Gasteiger partial charge on any atom is 0.228 e. The molecule has 5 nitrogen and oxygen atoms in total. The van der Waals surface area contributed by atoms with Gasteiger partial charge in [-0.3, -0.25) is 0 Å². The van der Waals surface area contributed by atoms with Crippen molar-refractivity contribution in [2.45, 2.75) is 49.9 Å². The van der Waals surface area contributed by atoms with E-state index in [-0.39, 0.29) is 13.0 Å². The van der Waals surface area contributed by atoms with E-state index in [1.54, 1.807) is 13.0 Å². The van der Waals surface area contributed by atoms with Gasteiger partial charge in [0.05, 0.1) is 11.7 Å². The zero-order valence-electron chi connectivity index (χ0n) is 9.44. The molecule has 2 N–H and O–H groups in total. The zero-order valence-corrected chi connectivity index (χ0v) is 10.3. The molecule has 0 amide bonds. The molecule has 0 spiro atoms. The van der Waals surface area contributed by atoms with Crippen LogP contribution < -0.4 is 4.72 Å². The van der Waals surface area contributed by atoms with Crippen LogP contribution in [0.15, 0.2) is 0 Å². The number of hydrogen-bond acceptors (Lipinski definition) is 4. The summed E-state index contributed by atoms with van der Waals surface area (Å²) in [6, 6.07) is 1.75. The van der Waals surface area contributed by atoms with E-state index in [0.29, 0.717) is 12.8 Å². The van der Waals surface area contributed by atoms with Gasteiger partial charge in [-0.05, 0) is 19.3 Å². The van der Waals surface area contributed by atoms with Gasteiger partial charge in [-0.15, -0.1) is 0 Å². The van der Waals surface area contributed by atoms with Crippen molar-refractivity contribution in [3.8, 4) is 6.07 Å². The van der Waals surface area contributed by atoms with E-state index in [9.17, 15) is 13.5 Å². The van der Waals surface area contributed by atoms with Crippen molar-refractivity contribution in [1.29, 1.82) is 5.26 Å². The Morgan fingerprint density at radius 1 is 1.50 bits per heavy atom. The van der Waals surface area contributed by atoms with Crippen molar-refractivity contribution in [3.63, 3.8) is 0 Å². The summed E-state index contributed by atoms with van der Waals surface area (Å²) < 4.78 is 25.6. The zero-order chi connectivity index (χ0) is 12.2. The monoisotopic (exact) mass is 246 g/mol. The number of rotatable bonds is 5. The lowest BCUT2D eigenvalue weighted by molar-refractivity contribution is 0.0531. The summed E-state index contributed by atoms with van der Waals surface area (Å²) in [6.45, 7) is 1.67. The smallest absolute Gasteiger partial charge is 0.228 e. The highest BCUT2D eigenvalue weighted by Crippen LogP contribution is 2.28. The molecule has 0 heterocycles. The average molecular weight is 246 g/mol. The number of sulfonamides is 1. The molecule has 0 aromatic carbocycles. The molecule has 1 unspecified atom stereocenters. The van der Waals surface area contributed by atoms with E-state index in [1.165, 1.54) is 0 Å². The number of nitrogens with zero attached hydrogens (tertiary/aromatic N) is 1. The highest BCUT2D eigenvalue weighted by atomic mass is 32.2. The molecule has 1 atom stereocenters. The van der Waals surface area contributed by atoms with Gasteiger partial charge >= 0.3 is 0 Å². The fourth-order valence-electron chi connectivity index (χ4n) is 1.93. The van der Waals surface area contributed by atoms with Crippen molar-refractivity contribution in [2.75, 3.05) is 6.54 Å². The SMILES string of the molecule is CCC(C#N)S(=O)(=O)NCC1(O)CCCC1. The first kappa shape index (κ1) is 13.4. The Bertz CT molecular complexity index is 366. The lowest BCUT2D eigenvalue weighted by Gasteiger charge is -2.22. The fourth-order valence-corrected chi connectivity index (χ4v) is 3.17. The maximum atomic E-state index is 11.6. The largest absolute Gasteiger partial charge is 0.389 e. The molecule has 0 aromatic heterocycles. The van der Waals surface area contributed by atoms with E-state index >= 15 is 0 Å². The lowest BCUT2D eigenvalue weighted by atomic mass is 10.0. The molecule has 92 valence electrons. The normalized spacial score (nSPS) is 21.6. The van der Waals surface area contributed by atoms with Crippen LogP contribution >= 0.6 is 0 Å². The van der Waals surface area contributed by atoms with Crippen LogP contribution in [0, 0.1) is 11.3 Å². The first-order valence-electron chi connectivity index (χ1n) is 5.54. The van der Waals surface area contributed by atoms with Gasteiger partial charge in [0.1, 0.15) is 0 Å². The Hall–Kier alpha value is -0.640. The molecule has 0 saturated heterocycles. The van der Waals surface area contributed by atoms with Gasteiger partial charge in [0, 0.05) is 6.54 Å². The predicted molar refractivity (Wildman–Crippen MR) is 60.0 cm³/mol. The molecule has 1 fully saturated rings. The molecule has 0 bridgehead atoms. The summed E-state index contributed by atoms with van der Waals surface area (Å²) in [5.74, 6) is 0. The second-order valence-electron chi connectivity index (χ2n) is 4.32. The quantitative estimate of drug-likeness (QED) is 0.739. The number of aliphatic hydroxyl groups is 1. The minimum atomic E-state index is -3.62. The summed E-state index contributed by atoms with van der Waals surface area (Å²) in [7, 11) is -3.62. The van der Waals surface area contributed by atoms with Crippen molar-refractivity contribution in [1.82, 2.24) is 4.72 Å². The van der Waals surface area contributed by atoms with Crippen LogP contribution in [-0.4, -0.2) is 30.9 Å². The summed E-state index contributed by atoms with van der Waals surface area (Å²) in [6.07, 6.45) is 3.35. The summed E-state index contributed by atoms with van der Waals surface area (Å²) in [5.41, 5.74) is -0.916. The molecule has 1 aliphatic carbocycles. The fraction of sp³-hybridized carbons (Fsp3) is 0.900. The van der Waals surface area contributed by atoms with Crippen LogP contribution in [0.5, 0.6) is 0 Å². The van der Waals surface area contributed by atoms with Crippen LogP contribution in [0.3, 0.4) is 0 Å². The Kier molecular flexibility index (Phi) is 4.30. The molecule has 0 aromatic rings. The van der Waals surface area contributed by atoms with Crippen LogP contribution in [0.2, 0.25) is 0 Å². The molecule has 6 heteroatoms. The molecule has 1 aliphatic rings. The first-order valence-corrected chi connectivity index (χ1v) is 7.08. The third kappa shape index (κ3) is 3.17. The molecule has 1 saturated carbocycles. The Balaban J connectivity index is 2.57. The topological polar surface area (TPSA) is 90.2 Å². The number of hydrogen-bond donors (Lipinski definition) is 2. The second-order valence-corrected chi connectivity index (χ2v) is 6.27. The number of nitrogens with one attached hydrogen (secondary N) is 1. The van der Waals surface area contributed by atoms with Crippen molar-refractivity contribution in [3.05, 3.63) is 0 Å². The van der Waals surface area contributed by atoms with Crippen LogP contribution in [0.1, 0.15) is 39.0 Å². The van der Waals surface area contributed by atoms with E-state index in [2.05, 4.69) is 4.72 Å². The highest BCUT2D eigenvalue weighted by molar-refractivity contribution is 7.90. The minimum absolute atomic E-state index is 0.0213. The summed E-state index contributed by atoms with van der Waals surface area (Å²) in [4.78, 5) is 0. The Morgan fingerprint density at radius 2 is 2.06 bits per heavy atom. The van der Waals surface area contributed by atoms with Gasteiger partial charge in [-0.2, -0.15) is 5.26 Å². The van der Waals surface area contributed by atoms with E-state index < -0.39 is 20.9 Å². The third-order valence-electron chi connectivity index (χ3n) is 3.03. The predicted octanol–water partition coefficient (Wildman–Crippen LogP) is 0.513. The molecule has 1 rings (SSSR count). The molecule has 16 heavy (non-hydrogen) atoms. The van der Waals surface area contributed by atoms with E-state index in [1.807, 2.05) is 0 Å². The third-order valence-corrected chi connectivity index (χ3v) is 4.76. The first-order chi connectivity index (χ1) is 7.43. The lowest BCUT2D eigenvalue weighted by Crippen LogP contribution is -2.43. The van der Waals surface area contributed by atoms with Crippen LogP contribution in [-0.2, 0) is 10.0 Å². The Morgan fingerprint density at radius 3 is 2.50 bits per heavy atom. The summed E-state index contributed by atoms with van der Waals surface area (Å²) >= 11 is 0. The van der Waals surface area contributed by atoms with Gasteiger partial charge in [-0.25, -0.2) is 13.1 Å². The molecular weight excluding hydrogens is 228 g/mol. The summed E-state index contributed by atoms with van der Waals surface area (Å²) in [5, 5.41) is 17.6. The van der Waals surface area contributed by atoms with E-state index in [4.69, 9.17) is 5.26 Å².